The van der Waals surface area contributed by atoms with Crippen LogP contribution >= 0.6 is 0 Å². The predicted molar refractivity (Wildman–Crippen MR) is 82.9 cm³/mol. The monoisotopic (exact) mass is 424 g/mol. The van der Waals surface area contributed by atoms with Gasteiger partial charge in [-0.1, -0.05) is 27.7 Å². The van der Waals surface area contributed by atoms with Gasteiger partial charge >= 0.3 is 24.2 Å². The van der Waals surface area contributed by atoms with Crippen molar-refractivity contribution in [1.29, 1.82) is 0 Å². The molecule has 0 aliphatic carbocycles. The molecule has 0 bridgehead atoms. The molecule has 0 saturated heterocycles. The lowest BCUT2D eigenvalue weighted by atomic mass is 10.1. The molecule has 0 amide bonds. The van der Waals surface area contributed by atoms with Crippen LogP contribution in [0.15, 0.2) is 0 Å². The molecule has 0 unspecified atom stereocenters. The predicted octanol–water partition coefficient (Wildman–Crippen LogP) is 6.82. The highest BCUT2D eigenvalue weighted by molar-refractivity contribution is 4.95. The summed E-state index contributed by atoms with van der Waals surface area (Å²) in [7, 11) is 0. The zero-order chi connectivity index (χ0) is 22.2. The molecule has 0 aliphatic heterocycles. The number of rotatable bonds is 9. The van der Waals surface area contributed by atoms with Gasteiger partial charge in [-0.2, -0.15) is 43.9 Å². The van der Waals surface area contributed by atoms with Gasteiger partial charge in [0.25, 0.3) is 0 Å². The topological polar surface area (TPSA) is 0 Å². The molecule has 0 atom stereocenters. The summed E-state index contributed by atoms with van der Waals surface area (Å²) in [5, 5.41) is 0. The molecule has 0 rings (SSSR count). The van der Waals surface area contributed by atoms with E-state index in [2.05, 4.69) is 27.7 Å². The number of hydrogen-bond acceptors (Lipinski definition) is 0. The van der Waals surface area contributed by atoms with Gasteiger partial charge in [0.2, 0.25) is 0 Å². The summed E-state index contributed by atoms with van der Waals surface area (Å²) in [4.78, 5) is 0. The summed E-state index contributed by atoms with van der Waals surface area (Å²) in [6.07, 6.45) is -8.60. The normalized spacial score (nSPS) is 14.0. The quantitative estimate of drug-likeness (QED) is 0.281. The van der Waals surface area contributed by atoms with Crippen LogP contribution in [-0.4, -0.2) is 54.9 Å². The second-order valence-corrected chi connectivity index (χ2v) is 6.38. The SMILES string of the molecule is CCC[N+](CCC)(CCC)CCC.FC(F)(F)C(F)(F)C(F)(F)C(F)(F)F. The Kier molecular flexibility index (Phi) is 11.3. The van der Waals surface area contributed by atoms with E-state index in [0.717, 1.165) is 0 Å². The molecule has 0 aromatic heterocycles. The standard InChI is InChI=1S/C12H28N.C4F10/c1-5-9-13(10-6-2,11-7-3)12-8-4;5-1(6,3(9,10)11)2(7,8)4(12,13)14/h5-12H2,1-4H3;/q+1;. The maximum Gasteiger partial charge on any atom is 0.460 e. The van der Waals surface area contributed by atoms with E-state index in [9.17, 15) is 43.9 Å². The Bertz CT molecular complexity index is 347. The molecule has 0 aromatic carbocycles. The first-order valence-electron chi connectivity index (χ1n) is 8.73. The van der Waals surface area contributed by atoms with Crippen LogP contribution in [0.3, 0.4) is 0 Å². The third kappa shape index (κ3) is 7.65. The smallest absolute Gasteiger partial charge is 0.324 e. The lowest BCUT2D eigenvalue weighted by molar-refractivity contribution is -0.928. The fourth-order valence-corrected chi connectivity index (χ4v) is 2.92. The van der Waals surface area contributed by atoms with E-state index in [1.165, 1.54) is 56.3 Å². The number of quaternary nitrogens is 1. The van der Waals surface area contributed by atoms with Crippen molar-refractivity contribution in [3.8, 4) is 0 Å². The molecule has 0 spiro atoms. The fourth-order valence-electron chi connectivity index (χ4n) is 2.92. The van der Waals surface area contributed by atoms with Crippen molar-refractivity contribution in [2.75, 3.05) is 26.2 Å². The summed E-state index contributed by atoms with van der Waals surface area (Å²) in [5.74, 6) is -14.3. The molecule has 0 radical (unpaired) electrons. The zero-order valence-corrected chi connectivity index (χ0v) is 15.9. The molecule has 0 N–H and O–H groups in total. The molecular weight excluding hydrogens is 396 g/mol. The van der Waals surface area contributed by atoms with Crippen molar-refractivity contribution < 1.29 is 48.4 Å². The second-order valence-electron chi connectivity index (χ2n) is 6.38. The van der Waals surface area contributed by atoms with Crippen molar-refractivity contribution in [3.63, 3.8) is 0 Å². The molecule has 0 saturated carbocycles. The van der Waals surface area contributed by atoms with Gasteiger partial charge in [-0.05, 0) is 25.7 Å². The largest absolute Gasteiger partial charge is 0.460 e. The highest BCUT2D eigenvalue weighted by atomic mass is 19.4. The lowest BCUT2D eigenvalue weighted by Gasteiger charge is -2.38. The average Bonchev–Trinajstić information content (AvgIpc) is 2.46. The second kappa shape index (κ2) is 10.7. The van der Waals surface area contributed by atoms with Gasteiger partial charge in [-0.15, -0.1) is 0 Å². The Balaban J connectivity index is 0. The minimum Gasteiger partial charge on any atom is -0.324 e. The van der Waals surface area contributed by atoms with Crippen LogP contribution in [0.4, 0.5) is 43.9 Å². The first-order valence-corrected chi connectivity index (χ1v) is 8.73. The third-order valence-corrected chi connectivity index (χ3v) is 3.90. The summed E-state index contributed by atoms with van der Waals surface area (Å²) in [6.45, 7) is 14.8. The molecule has 11 heteroatoms. The van der Waals surface area contributed by atoms with Gasteiger partial charge in [0.15, 0.2) is 0 Å². The van der Waals surface area contributed by atoms with Crippen LogP contribution in [-0.2, 0) is 0 Å². The Labute approximate surface area is 153 Å². The fraction of sp³-hybridized carbons (Fsp3) is 1.00. The van der Waals surface area contributed by atoms with E-state index < -0.39 is 24.2 Å². The van der Waals surface area contributed by atoms with Crippen molar-refractivity contribution in [3.05, 3.63) is 0 Å². The molecule has 1 nitrogen and oxygen atoms in total. The van der Waals surface area contributed by atoms with E-state index >= 15 is 0 Å². The molecule has 0 aliphatic rings. The average molecular weight is 424 g/mol. The Hall–Kier alpha value is -0.740. The summed E-state index contributed by atoms with van der Waals surface area (Å²) in [6, 6.07) is 0. The molecular formula is C16H28F10N+. The first-order chi connectivity index (χ1) is 12.0. The minimum atomic E-state index is -7.14. The summed E-state index contributed by atoms with van der Waals surface area (Å²) in [5.41, 5.74) is 0. The van der Waals surface area contributed by atoms with Crippen molar-refractivity contribution in [2.24, 2.45) is 0 Å². The molecule has 0 heterocycles. The highest BCUT2D eigenvalue weighted by Gasteiger charge is 2.82. The van der Waals surface area contributed by atoms with Gasteiger partial charge in [-0.25, -0.2) is 0 Å². The first kappa shape index (κ1) is 28.5. The Morgan fingerprint density at radius 1 is 0.444 bits per heavy atom. The van der Waals surface area contributed by atoms with Crippen LogP contribution in [0, 0.1) is 0 Å². The van der Waals surface area contributed by atoms with Gasteiger partial charge < -0.3 is 4.48 Å². The Morgan fingerprint density at radius 3 is 0.741 bits per heavy atom. The maximum absolute atomic E-state index is 11.6. The number of alkyl halides is 10. The van der Waals surface area contributed by atoms with Gasteiger partial charge in [0.1, 0.15) is 0 Å². The van der Waals surface area contributed by atoms with Gasteiger partial charge in [0, 0.05) is 0 Å². The van der Waals surface area contributed by atoms with E-state index in [0.29, 0.717) is 0 Å². The lowest BCUT2D eigenvalue weighted by Crippen LogP contribution is -2.59. The molecule has 0 aromatic rings. The van der Waals surface area contributed by atoms with E-state index in [-0.39, 0.29) is 0 Å². The van der Waals surface area contributed by atoms with Crippen LogP contribution in [0.25, 0.3) is 0 Å². The van der Waals surface area contributed by atoms with Gasteiger partial charge in [0.05, 0.1) is 26.2 Å². The van der Waals surface area contributed by atoms with E-state index in [1.54, 1.807) is 0 Å². The van der Waals surface area contributed by atoms with E-state index in [1.807, 2.05) is 0 Å². The van der Waals surface area contributed by atoms with Crippen LogP contribution in [0.5, 0.6) is 0 Å². The summed E-state index contributed by atoms with van der Waals surface area (Å²) >= 11 is 0. The molecule has 27 heavy (non-hydrogen) atoms. The van der Waals surface area contributed by atoms with Gasteiger partial charge in [-0.3, -0.25) is 0 Å². The Morgan fingerprint density at radius 2 is 0.630 bits per heavy atom. The van der Waals surface area contributed by atoms with Crippen LogP contribution in [0.2, 0.25) is 0 Å². The maximum atomic E-state index is 11.6. The minimum absolute atomic E-state index is 1.33. The number of hydrogen-bond donors (Lipinski definition) is 0. The molecule has 0 fully saturated rings. The number of nitrogens with zero attached hydrogens (tertiary/aromatic N) is 1. The van der Waals surface area contributed by atoms with Crippen molar-refractivity contribution in [2.45, 2.75) is 77.6 Å². The zero-order valence-electron chi connectivity index (χ0n) is 15.9. The third-order valence-electron chi connectivity index (χ3n) is 3.90. The highest BCUT2D eigenvalue weighted by Crippen LogP contribution is 2.53. The molecule has 166 valence electrons. The number of halogens is 10. The van der Waals surface area contributed by atoms with Crippen molar-refractivity contribution >= 4 is 0 Å². The summed E-state index contributed by atoms with van der Waals surface area (Å²) < 4.78 is 115. The van der Waals surface area contributed by atoms with Crippen LogP contribution < -0.4 is 0 Å². The van der Waals surface area contributed by atoms with Crippen LogP contribution in [0.1, 0.15) is 53.4 Å². The van der Waals surface area contributed by atoms with E-state index in [4.69, 9.17) is 0 Å². The van der Waals surface area contributed by atoms with Crippen molar-refractivity contribution in [1.82, 2.24) is 0 Å².